The number of amides is 1. The maximum Gasteiger partial charge on any atom is 0.260 e. The van der Waals surface area contributed by atoms with Crippen molar-refractivity contribution in [2.24, 2.45) is 0 Å². The van der Waals surface area contributed by atoms with E-state index in [0.717, 1.165) is 47.4 Å². The topological polar surface area (TPSA) is 46.1 Å². The molecule has 2 aromatic heterocycles. The van der Waals surface area contributed by atoms with E-state index >= 15 is 0 Å². The Morgan fingerprint density at radius 3 is 2.92 bits per heavy atom. The van der Waals surface area contributed by atoms with Crippen LogP contribution in [0.3, 0.4) is 0 Å². The van der Waals surface area contributed by atoms with Gasteiger partial charge in [0.1, 0.15) is 0 Å². The van der Waals surface area contributed by atoms with E-state index in [4.69, 9.17) is 0 Å². The van der Waals surface area contributed by atoms with Crippen molar-refractivity contribution in [3.63, 3.8) is 0 Å². The second-order valence-electron chi connectivity index (χ2n) is 6.35. The number of hydrogen-bond acceptors (Lipinski definition) is 3. The van der Waals surface area contributed by atoms with Crippen LogP contribution in [0.2, 0.25) is 0 Å². The number of carbonyl (C=O) groups is 1. The van der Waals surface area contributed by atoms with Gasteiger partial charge in [-0.2, -0.15) is 0 Å². The molecule has 3 heterocycles. The monoisotopic (exact) mass is 317 g/mol. The summed E-state index contributed by atoms with van der Waals surface area (Å²) in [5.74, 6) is 0.0114. The molecule has 4 heteroatoms. The van der Waals surface area contributed by atoms with Crippen LogP contribution in [0, 0.1) is 13.8 Å². The number of anilines is 1. The number of fused-ring (bicyclic) bond motifs is 2. The predicted octanol–water partition coefficient (Wildman–Crippen LogP) is 3.84. The second-order valence-corrected chi connectivity index (χ2v) is 6.35. The van der Waals surface area contributed by atoms with Crippen LogP contribution in [0.5, 0.6) is 0 Å². The largest absolute Gasteiger partial charge is 0.306 e. The molecule has 0 saturated carbocycles. The third-order valence-electron chi connectivity index (χ3n) is 4.59. The molecular formula is C20H19N3O. The predicted molar refractivity (Wildman–Crippen MR) is 95.5 cm³/mol. The molecule has 1 aromatic carbocycles. The number of nitrogens with zero attached hydrogens (tertiary/aromatic N) is 3. The highest BCUT2D eigenvalue weighted by Gasteiger charge is 2.25. The minimum absolute atomic E-state index is 0.0114. The minimum Gasteiger partial charge on any atom is -0.306 e. The summed E-state index contributed by atoms with van der Waals surface area (Å²) in [5.41, 5.74) is 5.46. The number of aromatic nitrogens is 2. The summed E-state index contributed by atoms with van der Waals surface area (Å²) >= 11 is 0. The van der Waals surface area contributed by atoms with E-state index in [9.17, 15) is 4.79 Å². The highest BCUT2D eigenvalue weighted by molar-refractivity contribution is 6.08. The van der Waals surface area contributed by atoms with E-state index in [0.29, 0.717) is 5.56 Å². The van der Waals surface area contributed by atoms with Gasteiger partial charge in [-0.05, 0) is 57.0 Å². The molecule has 0 radical (unpaired) electrons. The first-order chi connectivity index (χ1) is 11.6. The summed E-state index contributed by atoms with van der Waals surface area (Å²) in [6.45, 7) is 4.68. The molecule has 1 aliphatic heterocycles. The van der Waals surface area contributed by atoms with Crippen LogP contribution >= 0.6 is 0 Å². The molecule has 0 spiro atoms. The van der Waals surface area contributed by atoms with E-state index in [1.165, 1.54) is 5.56 Å². The Morgan fingerprint density at radius 2 is 2.04 bits per heavy atom. The summed E-state index contributed by atoms with van der Waals surface area (Å²) in [6, 6.07) is 12.0. The van der Waals surface area contributed by atoms with Crippen molar-refractivity contribution in [2.75, 3.05) is 11.4 Å². The Hall–Kier alpha value is -2.75. The van der Waals surface area contributed by atoms with Gasteiger partial charge in [-0.25, -0.2) is 0 Å². The molecule has 4 nitrogen and oxygen atoms in total. The average Bonchev–Trinajstić information content (AvgIpc) is 2.60. The van der Waals surface area contributed by atoms with E-state index in [-0.39, 0.29) is 5.91 Å². The fraction of sp³-hybridized carbons (Fsp3) is 0.250. The molecule has 0 fully saturated rings. The van der Waals surface area contributed by atoms with Crippen LogP contribution in [-0.4, -0.2) is 22.4 Å². The smallest absolute Gasteiger partial charge is 0.260 e. The lowest BCUT2D eigenvalue weighted by molar-refractivity contribution is 0.0984. The number of aryl methyl sites for hydroxylation is 3. The quantitative estimate of drug-likeness (QED) is 0.685. The van der Waals surface area contributed by atoms with Gasteiger partial charge in [-0.1, -0.05) is 11.6 Å². The maximum atomic E-state index is 13.2. The standard InChI is InChI=1S/C20H19N3O/c1-13-7-8-17-15(11-13)12-16(14(2)22-17)20(24)23-10-4-5-18-19(23)6-3-9-21-18/h3,6-9,11-12H,4-5,10H2,1-2H3. The van der Waals surface area contributed by atoms with Crippen molar-refractivity contribution < 1.29 is 4.79 Å². The molecule has 3 aromatic rings. The molecule has 4 rings (SSSR count). The Morgan fingerprint density at radius 1 is 1.17 bits per heavy atom. The zero-order chi connectivity index (χ0) is 16.7. The van der Waals surface area contributed by atoms with Crippen molar-refractivity contribution in [3.05, 3.63) is 65.1 Å². The first-order valence-corrected chi connectivity index (χ1v) is 8.27. The molecule has 24 heavy (non-hydrogen) atoms. The third-order valence-corrected chi connectivity index (χ3v) is 4.59. The van der Waals surface area contributed by atoms with Crippen LogP contribution in [0.25, 0.3) is 10.9 Å². The molecule has 0 saturated heterocycles. The molecule has 0 unspecified atom stereocenters. The van der Waals surface area contributed by atoms with Gasteiger partial charge < -0.3 is 4.90 Å². The summed E-state index contributed by atoms with van der Waals surface area (Å²) in [7, 11) is 0. The van der Waals surface area contributed by atoms with Gasteiger partial charge in [-0.15, -0.1) is 0 Å². The van der Waals surface area contributed by atoms with E-state index < -0.39 is 0 Å². The van der Waals surface area contributed by atoms with E-state index in [1.807, 2.05) is 49.1 Å². The minimum atomic E-state index is 0.0114. The number of carbonyl (C=O) groups excluding carboxylic acids is 1. The number of rotatable bonds is 1. The highest BCUT2D eigenvalue weighted by Crippen LogP contribution is 2.28. The normalized spacial score (nSPS) is 13.8. The van der Waals surface area contributed by atoms with Gasteiger partial charge in [0.05, 0.1) is 28.2 Å². The highest BCUT2D eigenvalue weighted by atomic mass is 16.2. The van der Waals surface area contributed by atoms with Gasteiger partial charge >= 0.3 is 0 Å². The van der Waals surface area contributed by atoms with Gasteiger partial charge in [0.2, 0.25) is 0 Å². The van der Waals surface area contributed by atoms with E-state index in [2.05, 4.69) is 16.0 Å². The molecule has 1 amide bonds. The van der Waals surface area contributed by atoms with Gasteiger partial charge in [0.15, 0.2) is 0 Å². The lowest BCUT2D eigenvalue weighted by Crippen LogP contribution is -2.36. The molecule has 120 valence electrons. The first kappa shape index (κ1) is 14.8. The van der Waals surface area contributed by atoms with Crippen molar-refractivity contribution >= 4 is 22.5 Å². The van der Waals surface area contributed by atoms with Crippen molar-refractivity contribution in [1.82, 2.24) is 9.97 Å². The van der Waals surface area contributed by atoms with Crippen LogP contribution in [-0.2, 0) is 6.42 Å². The Balaban J connectivity index is 1.80. The lowest BCUT2D eigenvalue weighted by Gasteiger charge is -2.29. The average molecular weight is 317 g/mol. The zero-order valence-corrected chi connectivity index (χ0v) is 13.9. The molecule has 0 atom stereocenters. The fourth-order valence-electron chi connectivity index (χ4n) is 3.36. The number of benzene rings is 1. The summed E-state index contributed by atoms with van der Waals surface area (Å²) in [4.78, 5) is 24.1. The summed E-state index contributed by atoms with van der Waals surface area (Å²) in [6.07, 6.45) is 3.65. The molecule has 0 N–H and O–H groups in total. The SMILES string of the molecule is Cc1ccc2nc(C)c(C(=O)N3CCCc4ncccc43)cc2c1. The van der Waals surface area contributed by atoms with Crippen molar-refractivity contribution in [1.29, 1.82) is 0 Å². The molecular weight excluding hydrogens is 298 g/mol. The first-order valence-electron chi connectivity index (χ1n) is 8.27. The summed E-state index contributed by atoms with van der Waals surface area (Å²) < 4.78 is 0. The third kappa shape index (κ3) is 2.44. The van der Waals surface area contributed by atoms with Gasteiger partial charge in [0, 0.05) is 18.1 Å². The van der Waals surface area contributed by atoms with Crippen molar-refractivity contribution in [2.45, 2.75) is 26.7 Å². The number of pyridine rings is 2. The zero-order valence-electron chi connectivity index (χ0n) is 13.9. The number of hydrogen-bond donors (Lipinski definition) is 0. The van der Waals surface area contributed by atoms with Gasteiger partial charge in [-0.3, -0.25) is 14.8 Å². The molecule has 1 aliphatic rings. The Bertz CT molecular complexity index is 949. The van der Waals surface area contributed by atoms with Crippen LogP contribution in [0.4, 0.5) is 5.69 Å². The fourth-order valence-corrected chi connectivity index (χ4v) is 3.36. The van der Waals surface area contributed by atoms with Crippen LogP contribution in [0.1, 0.15) is 33.7 Å². The van der Waals surface area contributed by atoms with Crippen LogP contribution in [0.15, 0.2) is 42.6 Å². The van der Waals surface area contributed by atoms with Crippen LogP contribution < -0.4 is 4.90 Å². The molecule has 0 bridgehead atoms. The Kier molecular flexibility index (Phi) is 3.53. The Labute approximate surface area is 141 Å². The maximum absolute atomic E-state index is 13.2. The second kappa shape index (κ2) is 5.71. The molecule has 0 aliphatic carbocycles. The van der Waals surface area contributed by atoms with E-state index in [1.54, 1.807) is 6.20 Å². The van der Waals surface area contributed by atoms with Crippen molar-refractivity contribution in [3.8, 4) is 0 Å². The summed E-state index contributed by atoms with van der Waals surface area (Å²) in [5, 5.41) is 1.01. The lowest BCUT2D eigenvalue weighted by atomic mass is 10.0. The van der Waals surface area contributed by atoms with Gasteiger partial charge in [0.25, 0.3) is 5.91 Å².